The van der Waals surface area contributed by atoms with Crippen LogP contribution in [-0.2, 0) is 16.6 Å². The van der Waals surface area contributed by atoms with Crippen LogP contribution in [0.4, 0.5) is 32.2 Å². The van der Waals surface area contributed by atoms with Gasteiger partial charge >= 0.3 is 12.1 Å². The highest BCUT2D eigenvalue weighted by molar-refractivity contribution is 6.08. The van der Waals surface area contributed by atoms with Gasteiger partial charge in [-0.3, -0.25) is 4.79 Å². The SMILES string of the molecule is Cc1nc2c(CCC(F)(F)C(F)(F)F)nc(-c3nc(O)c4c(n3)NC(=O)C4(C)c3ccc(F)cc3)cn2n1. The van der Waals surface area contributed by atoms with E-state index in [0.717, 1.165) is 16.6 Å². The van der Waals surface area contributed by atoms with E-state index >= 15 is 0 Å². The summed E-state index contributed by atoms with van der Waals surface area (Å²) in [5, 5.41) is 17.4. The molecule has 3 aromatic heterocycles. The lowest BCUT2D eigenvalue weighted by Crippen LogP contribution is -2.36. The number of aryl methyl sites for hydroxylation is 2. The number of nitrogens with one attached hydrogen (secondary N) is 1. The molecule has 1 aliphatic heterocycles. The van der Waals surface area contributed by atoms with Gasteiger partial charge in [-0.25, -0.2) is 23.9 Å². The van der Waals surface area contributed by atoms with E-state index in [4.69, 9.17) is 0 Å². The van der Waals surface area contributed by atoms with Gasteiger partial charge in [0.25, 0.3) is 0 Å². The molecular formula is C23H17F6N7O2. The molecule has 1 aliphatic rings. The number of anilines is 1. The standard InChI is InChI=1S/C23H17F6N7O2/c1-10-30-18-13(7-8-22(25,26)23(27,28)29)31-14(9-36(18)35-10)16-32-17-15(19(37)33-16)21(2,20(38)34-17)11-3-5-12(24)6-4-11/h3-6,9H,7-8H2,1-2H3,(H2,32,33,34,37,38). The van der Waals surface area contributed by atoms with E-state index in [1.54, 1.807) is 0 Å². The number of rotatable bonds is 5. The molecule has 38 heavy (non-hydrogen) atoms. The number of carbonyl (C=O) groups is 1. The Balaban J connectivity index is 1.59. The van der Waals surface area contributed by atoms with Crippen molar-refractivity contribution in [1.29, 1.82) is 0 Å². The van der Waals surface area contributed by atoms with E-state index in [9.17, 15) is 36.2 Å². The van der Waals surface area contributed by atoms with Gasteiger partial charge in [0, 0.05) is 6.42 Å². The number of fused-ring (bicyclic) bond motifs is 2. The summed E-state index contributed by atoms with van der Waals surface area (Å²) in [5.74, 6) is -6.82. The molecule has 4 aromatic rings. The summed E-state index contributed by atoms with van der Waals surface area (Å²) in [6.07, 6.45) is -6.87. The third-order valence-corrected chi connectivity index (χ3v) is 6.31. The number of halogens is 6. The minimum Gasteiger partial charge on any atom is -0.493 e. The molecule has 0 saturated carbocycles. The summed E-state index contributed by atoms with van der Waals surface area (Å²) >= 11 is 0. The Morgan fingerprint density at radius 3 is 2.39 bits per heavy atom. The summed E-state index contributed by atoms with van der Waals surface area (Å²) < 4.78 is 79.9. The van der Waals surface area contributed by atoms with E-state index in [-0.39, 0.29) is 40.1 Å². The third kappa shape index (κ3) is 3.97. The average Bonchev–Trinajstić information content (AvgIpc) is 3.33. The van der Waals surface area contributed by atoms with E-state index in [1.165, 1.54) is 32.2 Å². The van der Waals surface area contributed by atoms with E-state index in [0.29, 0.717) is 5.56 Å². The molecule has 1 aromatic carbocycles. The van der Waals surface area contributed by atoms with Gasteiger partial charge in [0.15, 0.2) is 11.5 Å². The zero-order chi connectivity index (χ0) is 27.6. The third-order valence-electron chi connectivity index (χ3n) is 6.31. The van der Waals surface area contributed by atoms with Gasteiger partial charge < -0.3 is 10.4 Å². The fourth-order valence-corrected chi connectivity index (χ4v) is 4.27. The molecule has 0 spiro atoms. The molecule has 15 heteroatoms. The lowest BCUT2D eigenvalue weighted by Gasteiger charge is -2.22. The summed E-state index contributed by atoms with van der Waals surface area (Å²) in [4.78, 5) is 29.4. The van der Waals surface area contributed by atoms with E-state index in [2.05, 4.69) is 30.4 Å². The Bertz CT molecular complexity index is 1590. The zero-order valence-corrected chi connectivity index (χ0v) is 19.6. The van der Waals surface area contributed by atoms with Gasteiger partial charge in [-0.05, 0) is 38.0 Å². The van der Waals surface area contributed by atoms with Crippen LogP contribution in [0, 0.1) is 12.7 Å². The molecular weight excluding hydrogens is 520 g/mol. The lowest BCUT2D eigenvalue weighted by atomic mass is 9.78. The van der Waals surface area contributed by atoms with Crippen LogP contribution in [0.5, 0.6) is 5.88 Å². The summed E-state index contributed by atoms with van der Waals surface area (Å²) in [7, 11) is 0. The summed E-state index contributed by atoms with van der Waals surface area (Å²) in [6.45, 7) is 2.98. The first-order valence-corrected chi connectivity index (χ1v) is 11.1. The summed E-state index contributed by atoms with van der Waals surface area (Å²) in [6, 6.07) is 5.06. The molecule has 0 bridgehead atoms. The normalized spacial score (nSPS) is 17.6. The second kappa shape index (κ2) is 8.36. The Kier molecular flexibility index (Phi) is 5.58. The Labute approximate surface area is 209 Å². The fraction of sp³-hybridized carbons (Fsp3) is 0.304. The molecule has 9 nitrogen and oxygen atoms in total. The molecule has 0 radical (unpaired) electrons. The number of hydrogen-bond donors (Lipinski definition) is 2. The van der Waals surface area contributed by atoms with Crippen LogP contribution >= 0.6 is 0 Å². The number of amides is 1. The highest BCUT2D eigenvalue weighted by Crippen LogP contribution is 2.46. The van der Waals surface area contributed by atoms with Crippen LogP contribution in [0.25, 0.3) is 17.2 Å². The number of nitrogens with zero attached hydrogens (tertiary/aromatic N) is 6. The highest BCUT2D eigenvalue weighted by Gasteiger charge is 2.56. The predicted molar refractivity (Wildman–Crippen MR) is 119 cm³/mol. The number of alkyl halides is 5. The Morgan fingerprint density at radius 2 is 1.74 bits per heavy atom. The van der Waals surface area contributed by atoms with Crippen LogP contribution in [0.3, 0.4) is 0 Å². The van der Waals surface area contributed by atoms with Gasteiger partial charge in [0.05, 0.1) is 17.5 Å². The second-order valence-corrected chi connectivity index (χ2v) is 8.88. The maximum atomic E-state index is 13.6. The van der Waals surface area contributed by atoms with Gasteiger partial charge in [-0.2, -0.15) is 32.0 Å². The molecule has 0 aliphatic carbocycles. The van der Waals surface area contributed by atoms with Crippen LogP contribution in [-0.4, -0.2) is 52.7 Å². The topological polar surface area (TPSA) is 118 Å². The van der Waals surface area contributed by atoms with E-state index < -0.39 is 48.0 Å². The predicted octanol–water partition coefficient (Wildman–Crippen LogP) is 4.12. The molecule has 1 atom stereocenters. The first kappa shape index (κ1) is 25.4. The van der Waals surface area contributed by atoms with Crippen LogP contribution in [0.15, 0.2) is 30.5 Å². The number of carbonyl (C=O) groups excluding carboxylic acids is 1. The highest BCUT2D eigenvalue weighted by atomic mass is 19.4. The molecule has 198 valence electrons. The van der Waals surface area contributed by atoms with Gasteiger partial charge in [0.1, 0.15) is 28.6 Å². The number of aromatic hydroxyl groups is 1. The van der Waals surface area contributed by atoms with Crippen LogP contribution in [0.2, 0.25) is 0 Å². The zero-order valence-electron chi connectivity index (χ0n) is 19.6. The van der Waals surface area contributed by atoms with Crippen molar-refractivity contribution in [3.63, 3.8) is 0 Å². The number of hydrogen-bond acceptors (Lipinski definition) is 7. The monoisotopic (exact) mass is 537 g/mol. The van der Waals surface area contributed by atoms with Crippen LogP contribution in [0.1, 0.15) is 36.0 Å². The minimum atomic E-state index is -5.74. The van der Waals surface area contributed by atoms with Crippen molar-refractivity contribution in [2.75, 3.05) is 5.32 Å². The Morgan fingerprint density at radius 1 is 1.05 bits per heavy atom. The largest absolute Gasteiger partial charge is 0.493 e. The van der Waals surface area contributed by atoms with Crippen molar-refractivity contribution in [2.24, 2.45) is 0 Å². The Hall–Kier alpha value is -4.30. The average molecular weight is 537 g/mol. The smallest absolute Gasteiger partial charge is 0.453 e. The van der Waals surface area contributed by atoms with E-state index in [1.807, 2.05) is 0 Å². The van der Waals surface area contributed by atoms with Crippen molar-refractivity contribution in [3.8, 4) is 17.4 Å². The maximum absolute atomic E-state index is 13.6. The van der Waals surface area contributed by atoms with Crippen molar-refractivity contribution >= 4 is 17.4 Å². The van der Waals surface area contributed by atoms with Gasteiger partial charge in [-0.1, -0.05) is 12.1 Å². The first-order chi connectivity index (χ1) is 17.7. The molecule has 0 fully saturated rings. The van der Waals surface area contributed by atoms with Crippen molar-refractivity contribution in [3.05, 3.63) is 58.9 Å². The summed E-state index contributed by atoms with van der Waals surface area (Å²) in [5.41, 5.74) is -1.49. The molecule has 1 amide bonds. The van der Waals surface area contributed by atoms with Gasteiger partial charge in [-0.15, -0.1) is 0 Å². The number of benzene rings is 1. The fourth-order valence-electron chi connectivity index (χ4n) is 4.27. The van der Waals surface area contributed by atoms with Crippen LogP contribution < -0.4 is 5.32 Å². The molecule has 0 saturated heterocycles. The maximum Gasteiger partial charge on any atom is 0.453 e. The van der Waals surface area contributed by atoms with Crippen molar-refractivity contribution in [1.82, 2.24) is 29.5 Å². The quantitative estimate of drug-likeness (QED) is 0.368. The minimum absolute atomic E-state index is 0.0144. The lowest BCUT2D eigenvalue weighted by molar-refractivity contribution is -0.284. The van der Waals surface area contributed by atoms with Gasteiger partial charge in [0.2, 0.25) is 11.8 Å². The molecule has 4 heterocycles. The number of aromatic nitrogens is 6. The first-order valence-electron chi connectivity index (χ1n) is 11.1. The second-order valence-electron chi connectivity index (χ2n) is 8.88. The molecule has 1 unspecified atom stereocenters. The van der Waals surface area contributed by atoms with Crippen molar-refractivity contribution in [2.45, 2.75) is 44.2 Å². The molecule has 2 N–H and O–H groups in total. The van der Waals surface area contributed by atoms with Crippen molar-refractivity contribution < 1.29 is 36.2 Å². The molecule has 5 rings (SSSR count).